The Morgan fingerprint density at radius 1 is 1.25 bits per heavy atom. The molecular formula is C17H23BrClN3O2. The fourth-order valence-electron chi connectivity index (χ4n) is 3.56. The number of hydrogen-bond donors (Lipinski definition) is 2. The highest BCUT2D eigenvalue weighted by molar-refractivity contribution is 9.10. The standard InChI is InChI=1S/C17H22BrN3O2.ClH/c1-11(22)20-16(12-2-4-15(18)5-3-12)6-17(23)21-9-13-7-19-8-14(13)10-21;/h2-5,13-14,16,19H,6-10H2,1H3,(H,20,22);1H/t13-,14+,16?;. The van der Waals surface area contributed by atoms with Crippen LogP contribution in [0.2, 0.25) is 0 Å². The molecule has 2 aliphatic rings. The van der Waals surface area contributed by atoms with Gasteiger partial charge in [0.2, 0.25) is 11.8 Å². The second-order valence-electron chi connectivity index (χ2n) is 6.49. The van der Waals surface area contributed by atoms with E-state index in [4.69, 9.17) is 0 Å². The third-order valence-corrected chi connectivity index (χ3v) is 5.30. The Balaban J connectivity index is 0.00000208. The highest BCUT2D eigenvalue weighted by atomic mass is 79.9. The van der Waals surface area contributed by atoms with Crippen molar-refractivity contribution in [3.05, 3.63) is 34.3 Å². The minimum Gasteiger partial charge on any atom is -0.349 e. The molecule has 0 spiro atoms. The summed E-state index contributed by atoms with van der Waals surface area (Å²) in [6.07, 6.45) is 0.314. The van der Waals surface area contributed by atoms with Gasteiger partial charge in [-0.3, -0.25) is 9.59 Å². The summed E-state index contributed by atoms with van der Waals surface area (Å²) in [6.45, 7) is 5.18. The van der Waals surface area contributed by atoms with Crippen molar-refractivity contribution in [2.24, 2.45) is 11.8 Å². The average molecular weight is 417 g/mol. The van der Waals surface area contributed by atoms with Crippen LogP contribution in [-0.4, -0.2) is 42.9 Å². The van der Waals surface area contributed by atoms with Crippen LogP contribution >= 0.6 is 28.3 Å². The van der Waals surface area contributed by atoms with Crippen molar-refractivity contribution in [3.8, 4) is 0 Å². The number of nitrogens with one attached hydrogen (secondary N) is 2. The Bertz CT molecular complexity index is 584. The number of benzene rings is 1. The van der Waals surface area contributed by atoms with E-state index in [0.717, 1.165) is 36.2 Å². The van der Waals surface area contributed by atoms with Gasteiger partial charge in [-0.2, -0.15) is 0 Å². The number of carbonyl (C=O) groups is 2. The summed E-state index contributed by atoms with van der Waals surface area (Å²) < 4.78 is 0.981. The van der Waals surface area contributed by atoms with Crippen LogP contribution in [-0.2, 0) is 9.59 Å². The zero-order chi connectivity index (χ0) is 16.4. The van der Waals surface area contributed by atoms with Crippen molar-refractivity contribution in [1.29, 1.82) is 0 Å². The van der Waals surface area contributed by atoms with E-state index in [1.165, 1.54) is 6.92 Å². The molecule has 2 fully saturated rings. The van der Waals surface area contributed by atoms with Crippen LogP contribution in [0, 0.1) is 11.8 Å². The summed E-state index contributed by atoms with van der Waals surface area (Å²) >= 11 is 3.41. The fraction of sp³-hybridized carbons (Fsp3) is 0.529. The van der Waals surface area contributed by atoms with Gasteiger partial charge in [0.25, 0.3) is 0 Å². The van der Waals surface area contributed by atoms with Crippen molar-refractivity contribution < 1.29 is 9.59 Å². The summed E-state index contributed by atoms with van der Waals surface area (Å²) in [5.74, 6) is 1.19. The third kappa shape index (κ3) is 4.49. The average Bonchev–Trinajstić information content (AvgIpc) is 3.08. The van der Waals surface area contributed by atoms with Gasteiger partial charge in [0.15, 0.2) is 0 Å². The topological polar surface area (TPSA) is 61.4 Å². The van der Waals surface area contributed by atoms with E-state index < -0.39 is 0 Å². The van der Waals surface area contributed by atoms with Gasteiger partial charge >= 0.3 is 0 Å². The predicted molar refractivity (Wildman–Crippen MR) is 99.0 cm³/mol. The first-order valence-electron chi connectivity index (χ1n) is 8.04. The Morgan fingerprint density at radius 3 is 2.38 bits per heavy atom. The maximum Gasteiger partial charge on any atom is 0.225 e. The number of halogens is 2. The smallest absolute Gasteiger partial charge is 0.225 e. The number of likely N-dealkylation sites (tertiary alicyclic amines) is 1. The van der Waals surface area contributed by atoms with Crippen molar-refractivity contribution in [3.63, 3.8) is 0 Å². The lowest BCUT2D eigenvalue weighted by atomic mass is 10.0. The molecule has 0 aliphatic carbocycles. The van der Waals surface area contributed by atoms with Gasteiger partial charge in [-0.15, -0.1) is 12.4 Å². The number of amides is 2. The summed E-state index contributed by atoms with van der Waals surface area (Å²) in [5, 5.41) is 6.29. The molecule has 1 aromatic rings. The van der Waals surface area contributed by atoms with E-state index in [1.54, 1.807) is 0 Å². The SMILES string of the molecule is CC(=O)NC(CC(=O)N1C[C@H]2CNC[C@H]2C1)c1ccc(Br)cc1.Cl. The number of nitrogens with zero attached hydrogens (tertiary/aromatic N) is 1. The lowest BCUT2D eigenvalue weighted by Crippen LogP contribution is -2.36. The molecule has 2 N–H and O–H groups in total. The van der Waals surface area contributed by atoms with E-state index in [9.17, 15) is 9.59 Å². The van der Waals surface area contributed by atoms with Gasteiger partial charge in [0, 0.05) is 37.6 Å². The van der Waals surface area contributed by atoms with Crippen molar-refractivity contribution in [1.82, 2.24) is 15.5 Å². The molecule has 3 atom stereocenters. The molecule has 0 aromatic heterocycles. The molecule has 132 valence electrons. The largest absolute Gasteiger partial charge is 0.349 e. The molecule has 2 saturated heterocycles. The van der Waals surface area contributed by atoms with Gasteiger partial charge < -0.3 is 15.5 Å². The molecule has 5 nitrogen and oxygen atoms in total. The summed E-state index contributed by atoms with van der Waals surface area (Å²) in [7, 11) is 0. The van der Waals surface area contributed by atoms with E-state index in [-0.39, 0.29) is 30.3 Å². The lowest BCUT2D eigenvalue weighted by Gasteiger charge is -2.23. The van der Waals surface area contributed by atoms with Gasteiger partial charge in [-0.1, -0.05) is 28.1 Å². The molecule has 2 amide bonds. The molecule has 3 rings (SSSR count). The first kappa shape index (κ1) is 19.2. The van der Waals surface area contributed by atoms with E-state index in [1.807, 2.05) is 29.2 Å². The highest BCUT2D eigenvalue weighted by Crippen LogP contribution is 2.28. The number of carbonyl (C=O) groups excluding carboxylic acids is 2. The minimum absolute atomic E-state index is 0. The van der Waals surface area contributed by atoms with Gasteiger partial charge in [0.05, 0.1) is 12.5 Å². The molecule has 0 radical (unpaired) electrons. The molecule has 2 heterocycles. The summed E-state index contributed by atoms with van der Waals surface area (Å²) in [5.41, 5.74) is 0.956. The molecule has 0 saturated carbocycles. The Labute approximate surface area is 157 Å². The summed E-state index contributed by atoms with van der Waals surface area (Å²) in [4.78, 5) is 26.1. The normalized spacial score (nSPS) is 23.3. The van der Waals surface area contributed by atoms with E-state index in [0.29, 0.717) is 18.3 Å². The van der Waals surface area contributed by atoms with E-state index >= 15 is 0 Å². The maximum atomic E-state index is 12.7. The minimum atomic E-state index is -0.272. The van der Waals surface area contributed by atoms with Crippen LogP contribution in [0.5, 0.6) is 0 Å². The van der Waals surface area contributed by atoms with Crippen LogP contribution in [0.1, 0.15) is 24.9 Å². The number of fused-ring (bicyclic) bond motifs is 1. The lowest BCUT2D eigenvalue weighted by molar-refractivity contribution is -0.131. The molecule has 2 aliphatic heterocycles. The molecule has 24 heavy (non-hydrogen) atoms. The van der Waals surface area contributed by atoms with Gasteiger partial charge in [0.1, 0.15) is 0 Å². The molecule has 0 bridgehead atoms. The second-order valence-corrected chi connectivity index (χ2v) is 7.40. The van der Waals surface area contributed by atoms with Crippen LogP contribution in [0.15, 0.2) is 28.7 Å². The highest BCUT2D eigenvalue weighted by Gasteiger charge is 2.38. The maximum absolute atomic E-state index is 12.7. The Hall–Kier alpha value is -1.11. The zero-order valence-corrected chi connectivity index (χ0v) is 16.0. The quantitative estimate of drug-likeness (QED) is 0.790. The molecule has 1 aromatic carbocycles. The second kappa shape index (κ2) is 8.32. The Kier molecular flexibility index (Phi) is 6.66. The van der Waals surface area contributed by atoms with Crippen LogP contribution in [0.25, 0.3) is 0 Å². The van der Waals surface area contributed by atoms with Gasteiger partial charge in [-0.05, 0) is 29.5 Å². The van der Waals surface area contributed by atoms with Crippen molar-refractivity contribution >= 4 is 40.2 Å². The summed E-state index contributed by atoms with van der Waals surface area (Å²) in [6, 6.07) is 7.48. The fourth-order valence-corrected chi connectivity index (χ4v) is 3.82. The van der Waals surface area contributed by atoms with Crippen LogP contribution in [0.4, 0.5) is 0 Å². The van der Waals surface area contributed by atoms with Crippen molar-refractivity contribution in [2.45, 2.75) is 19.4 Å². The van der Waals surface area contributed by atoms with Gasteiger partial charge in [-0.25, -0.2) is 0 Å². The van der Waals surface area contributed by atoms with Crippen LogP contribution in [0.3, 0.4) is 0 Å². The molecular weight excluding hydrogens is 394 g/mol. The number of rotatable bonds is 4. The predicted octanol–water partition coefficient (Wildman–Crippen LogP) is 2.12. The monoisotopic (exact) mass is 415 g/mol. The Morgan fingerprint density at radius 2 is 1.83 bits per heavy atom. The van der Waals surface area contributed by atoms with Crippen molar-refractivity contribution in [2.75, 3.05) is 26.2 Å². The first-order valence-corrected chi connectivity index (χ1v) is 8.83. The zero-order valence-electron chi connectivity index (χ0n) is 13.6. The molecule has 1 unspecified atom stereocenters. The first-order chi connectivity index (χ1) is 11.0. The molecule has 7 heteroatoms. The van der Waals surface area contributed by atoms with E-state index in [2.05, 4.69) is 26.6 Å². The number of hydrogen-bond acceptors (Lipinski definition) is 3. The third-order valence-electron chi connectivity index (χ3n) is 4.77. The van der Waals surface area contributed by atoms with Crippen LogP contribution < -0.4 is 10.6 Å².